The summed E-state index contributed by atoms with van der Waals surface area (Å²) in [5, 5.41) is 3.09. The fourth-order valence-corrected chi connectivity index (χ4v) is 4.37. The van der Waals surface area contributed by atoms with Gasteiger partial charge in [-0.2, -0.15) is 4.31 Å². The largest absolute Gasteiger partial charge is 0.371 e. The molecule has 0 aromatic carbocycles. The summed E-state index contributed by atoms with van der Waals surface area (Å²) in [4.78, 5) is 4.35. The van der Waals surface area contributed by atoms with Gasteiger partial charge in [0.1, 0.15) is 5.65 Å². The van der Waals surface area contributed by atoms with Gasteiger partial charge in [0.25, 0.3) is 10.0 Å². The maximum absolute atomic E-state index is 13.0. The Kier molecular flexibility index (Phi) is 4.53. The third-order valence-electron chi connectivity index (χ3n) is 3.30. The van der Waals surface area contributed by atoms with Crippen molar-refractivity contribution in [3.05, 3.63) is 24.4 Å². The van der Waals surface area contributed by atoms with Crippen LogP contribution in [0.5, 0.6) is 0 Å². The predicted molar refractivity (Wildman–Crippen MR) is 84.1 cm³/mol. The first-order chi connectivity index (χ1) is 9.93. The molecule has 0 amide bonds. The minimum atomic E-state index is -3.62. The molecule has 116 valence electrons. The van der Waals surface area contributed by atoms with Gasteiger partial charge in [0, 0.05) is 25.8 Å². The van der Waals surface area contributed by atoms with Gasteiger partial charge in [0.2, 0.25) is 0 Å². The number of sulfonamides is 1. The van der Waals surface area contributed by atoms with Crippen LogP contribution in [0.1, 0.15) is 27.2 Å². The number of imidazole rings is 1. The third kappa shape index (κ3) is 2.75. The SMILES string of the molecule is CCCN(C(C)C)S(=O)(=O)c1c(NC)nc2ccccn12. The fourth-order valence-electron chi connectivity index (χ4n) is 2.37. The Morgan fingerprint density at radius 3 is 2.67 bits per heavy atom. The maximum Gasteiger partial charge on any atom is 0.263 e. The molecule has 0 fully saturated rings. The van der Waals surface area contributed by atoms with Crippen LogP contribution in [0.2, 0.25) is 0 Å². The van der Waals surface area contributed by atoms with E-state index in [4.69, 9.17) is 0 Å². The summed E-state index contributed by atoms with van der Waals surface area (Å²) < 4.78 is 29.2. The quantitative estimate of drug-likeness (QED) is 0.888. The molecule has 0 radical (unpaired) electrons. The fraction of sp³-hybridized carbons (Fsp3) is 0.500. The topological polar surface area (TPSA) is 66.7 Å². The molecule has 21 heavy (non-hydrogen) atoms. The van der Waals surface area contributed by atoms with Crippen LogP contribution in [0, 0.1) is 0 Å². The van der Waals surface area contributed by atoms with Crippen LogP contribution in [0.15, 0.2) is 29.4 Å². The van der Waals surface area contributed by atoms with Crippen molar-refractivity contribution in [3.63, 3.8) is 0 Å². The molecule has 6 nitrogen and oxygen atoms in total. The van der Waals surface area contributed by atoms with E-state index in [1.54, 1.807) is 29.8 Å². The molecule has 2 aromatic heterocycles. The monoisotopic (exact) mass is 310 g/mol. The molecule has 7 heteroatoms. The standard InChI is InChI=1S/C14H22N4O2S/c1-5-9-18(11(2)3)21(19,20)14-13(15-4)16-12-8-6-7-10-17(12)14/h6-8,10-11,15H,5,9H2,1-4H3. The van der Waals surface area contributed by atoms with E-state index in [-0.39, 0.29) is 11.1 Å². The molecular weight excluding hydrogens is 288 g/mol. The molecule has 0 atom stereocenters. The lowest BCUT2D eigenvalue weighted by molar-refractivity contribution is 0.352. The van der Waals surface area contributed by atoms with E-state index in [2.05, 4.69) is 10.3 Å². The summed E-state index contributed by atoms with van der Waals surface area (Å²) >= 11 is 0. The van der Waals surface area contributed by atoms with Gasteiger partial charge in [-0.05, 0) is 32.4 Å². The minimum absolute atomic E-state index is 0.103. The van der Waals surface area contributed by atoms with E-state index in [1.165, 1.54) is 4.31 Å². The van der Waals surface area contributed by atoms with Gasteiger partial charge >= 0.3 is 0 Å². The normalized spacial score (nSPS) is 12.5. The molecule has 0 bridgehead atoms. The van der Waals surface area contributed by atoms with Crippen LogP contribution in [-0.2, 0) is 10.0 Å². The van der Waals surface area contributed by atoms with Crippen LogP contribution in [0.25, 0.3) is 5.65 Å². The van der Waals surface area contributed by atoms with Gasteiger partial charge in [0.15, 0.2) is 10.8 Å². The van der Waals surface area contributed by atoms with E-state index in [0.717, 1.165) is 6.42 Å². The lowest BCUT2D eigenvalue weighted by Gasteiger charge is -2.25. The van der Waals surface area contributed by atoms with E-state index in [9.17, 15) is 8.42 Å². The van der Waals surface area contributed by atoms with Gasteiger partial charge in [-0.1, -0.05) is 13.0 Å². The number of hydrogen-bond donors (Lipinski definition) is 1. The van der Waals surface area contributed by atoms with E-state index in [0.29, 0.717) is 18.0 Å². The van der Waals surface area contributed by atoms with E-state index >= 15 is 0 Å². The number of nitrogens with zero attached hydrogens (tertiary/aromatic N) is 3. The summed E-state index contributed by atoms with van der Waals surface area (Å²) in [5.74, 6) is 0.378. The summed E-state index contributed by atoms with van der Waals surface area (Å²) in [7, 11) is -1.94. The molecule has 0 saturated heterocycles. The van der Waals surface area contributed by atoms with Crippen molar-refractivity contribution in [1.82, 2.24) is 13.7 Å². The highest BCUT2D eigenvalue weighted by Crippen LogP contribution is 2.27. The Morgan fingerprint density at radius 2 is 2.10 bits per heavy atom. The summed E-state index contributed by atoms with van der Waals surface area (Å²) in [5.41, 5.74) is 0.612. The van der Waals surface area contributed by atoms with Crippen molar-refractivity contribution in [2.45, 2.75) is 38.3 Å². The average Bonchev–Trinajstić information content (AvgIpc) is 2.83. The molecule has 0 aliphatic carbocycles. The van der Waals surface area contributed by atoms with Crippen molar-refractivity contribution >= 4 is 21.5 Å². The number of rotatable bonds is 6. The van der Waals surface area contributed by atoms with Gasteiger partial charge in [-0.25, -0.2) is 13.4 Å². The summed E-state index contributed by atoms with van der Waals surface area (Å²) in [6, 6.07) is 5.32. The molecule has 0 unspecified atom stereocenters. The Hall–Kier alpha value is -1.60. The zero-order chi connectivity index (χ0) is 15.6. The maximum atomic E-state index is 13.0. The van der Waals surface area contributed by atoms with Gasteiger partial charge in [-0.15, -0.1) is 0 Å². The first-order valence-electron chi connectivity index (χ1n) is 7.10. The lowest BCUT2D eigenvalue weighted by atomic mass is 10.4. The molecule has 2 aromatic rings. The molecular formula is C14H22N4O2S. The van der Waals surface area contributed by atoms with Crippen LogP contribution in [-0.4, -0.2) is 41.7 Å². The van der Waals surface area contributed by atoms with Crippen LogP contribution >= 0.6 is 0 Å². The number of fused-ring (bicyclic) bond motifs is 1. The third-order valence-corrected chi connectivity index (χ3v) is 5.40. The second-order valence-electron chi connectivity index (χ2n) is 5.15. The zero-order valence-corrected chi connectivity index (χ0v) is 13.7. The van der Waals surface area contributed by atoms with E-state index in [1.807, 2.05) is 26.8 Å². The summed E-state index contributed by atoms with van der Waals surface area (Å²) in [6.07, 6.45) is 2.49. The van der Waals surface area contributed by atoms with E-state index < -0.39 is 10.0 Å². The second-order valence-corrected chi connectivity index (χ2v) is 6.96. The molecule has 0 aliphatic heterocycles. The zero-order valence-electron chi connectivity index (χ0n) is 12.9. The number of hydrogen-bond acceptors (Lipinski definition) is 4. The minimum Gasteiger partial charge on any atom is -0.371 e. The molecule has 1 N–H and O–H groups in total. The van der Waals surface area contributed by atoms with Gasteiger partial charge in [0.05, 0.1) is 0 Å². The smallest absolute Gasteiger partial charge is 0.263 e. The van der Waals surface area contributed by atoms with Crippen molar-refractivity contribution in [1.29, 1.82) is 0 Å². The average molecular weight is 310 g/mol. The molecule has 2 rings (SSSR count). The van der Waals surface area contributed by atoms with Gasteiger partial charge in [-0.3, -0.25) is 4.40 Å². The number of pyridine rings is 1. The summed E-state index contributed by atoms with van der Waals surface area (Å²) in [6.45, 7) is 6.23. The number of anilines is 1. The lowest BCUT2D eigenvalue weighted by Crippen LogP contribution is -2.38. The van der Waals surface area contributed by atoms with Gasteiger partial charge < -0.3 is 5.32 Å². The van der Waals surface area contributed by atoms with Crippen molar-refractivity contribution in [2.75, 3.05) is 18.9 Å². The first kappa shape index (κ1) is 15.8. The van der Waals surface area contributed by atoms with Crippen LogP contribution in [0.3, 0.4) is 0 Å². The van der Waals surface area contributed by atoms with Crippen molar-refractivity contribution in [2.24, 2.45) is 0 Å². The highest BCUT2D eigenvalue weighted by molar-refractivity contribution is 7.89. The predicted octanol–water partition coefficient (Wildman–Crippen LogP) is 2.19. The Morgan fingerprint density at radius 1 is 1.38 bits per heavy atom. The second kappa shape index (κ2) is 6.03. The molecule has 2 heterocycles. The van der Waals surface area contributed by atoms with Crippen molar-refractivity contribution < 1.29 is 8.42 Å². The molecule has 0 aliphatic rings. The van der Waals surface area contributed by atoms with Crippen LogP contribution in [0.4, 0.5) is 5.82 Å². The number of nitrogens with one attached hydrogen (secondary N) is 1. The molecule has 0 spiro atoms. The van der Waals surface area contributed by atoms with Crippen LogP contribution < -0.4 is 5.32 Å². The highest BCUT2D eigenvalue weighted by Gasteiger charge is 2.32. The Bertz CT molecular complexity index is 722. The number of aromatic nitrogens is 2. The highest BCUT2D eigenvalue weighted by atomic mass is 32.2. The Balaban J connectivity index is 2.68. The first-order valence-corrected chi connectivity index (χ1v) is 8.54. The molecule has 0 saturated carbocycles. The van der Waals surface area contributed by atoms with Crippen molar-refractivity contribution in [3.8, 4) is 0 Å². The Labute approximate surface area is 125 Å².